The van der Waals surface area contributed by atoms with Gasteiger partial charge in [0.1, 0.15) is 0 Å². The Morgan fingerprint density at radius 2 is 2.18 bits per heavy atom. The quantitative estimate of drug-likeness (QED) is 0.578. The van der Waals surface area contributed by atoms with Crippen LogP contribution in [-0.4, -0.2) is 41.0 Å². The van der Waals surface area contributed by atoms with Crippen LogP contribution in [-0.2, 0) is 0 Å². The summed E-state index contributed by atoms with van der Waals surface area (Å²) in [6.45, 7) is 7.63. The standard InChI is InChI=1S/C11H18N4O2/c1-3-14(4-2)9-8-13-11-10(15(16)17)6-5-7-12-11/h5-7H,3-4,8-9H2,1-2H3,(H,12,13). The summed E-state index contributed by atoms with van der Waals surface area (Å²) in [4.78, 5) is 16.5. The maximum atomic E-state index is 10.7. The van der Waals surface area contributed by atoms with Gasteiger partial charge in [-0.25, -0.2) is 4.98 Å². The first-order valence-electron chi connectivity index (χ1n) is 5.74. The molecule has 0 atom stereocenters. The fourth-order valence-electron chi connectivity index (χ4n) is 1.55. The number of rotatable bonds is 7. The topological polar surface area (TPSA) is 71.3 Å². The SMILES string of the molecule is CCN(CC)CCNc1ncccc1[N+](=O)[O-]. The number of likely N-dealkylation sites (N-methyl/N-ethyl adjacent to an activating group) is 1. The Hall–Kier alpha value is -1.69. The molecule has 0 aromatic carbocycles. The predicted octanol–water partition coefficient (Wildman–Crippen LogP) is 1.74. The molecule has 1 rings (SSSR count). The number of nitro groups is 1. The van der Waals surface area contributed by atoms with Crippen LogP contribution >= 0.6 is 0 Å². The third-order valence-electron chi connectivity index (χ3n) is 2.60. The number of nitrogens with one attached hydrogen (secondary N) is 1. The lowest BCUT2D eigenvalue weighted by Gasteiger charge is -2.17. The molecule has 1 aromatic heterocycles. The fourth-order valence-corrected chi connectivity index (χ4v) is 1.55. The molecule has 0 amide bonds. The van der Waals surface area contributed by atoms with Gasteiger partial charge in [0.2, 0.25) is 5.82 Å². The van der Waals surface area contributed by atoms with Crippen molar-refractivity contribution in [3.63, 3.8) is 0 Å². The van der Waals surface area contributed by atoms with E-state index >= 15 is 0 Å². The lowest BCUT2D eigenvalue weighted by atomic mass is 10.4. The summed E-state index contributed by atoms with van der Waals surface area (Å²) in [5, 5.41) is 13.7. The van der Waals surface area contributed by atoms with Crippen molar-refractivity contribution in [3.8, 4) is 0 Å². The van der Waals surface area contributed by atoms with Crippen molar-refractivity contribution in [1.29, 1.82) is 0 Å². The van der Waals surface area contributed by atoms with E-state index in [9.17, 15) is 10.1 Å². The van der Waals surface area contributed by atoms with Crippen molar-refractivity contribution in [2.45, 2.75) is 13.8 Å². The zero-order valence-electron chi connectivity index (χ0n) is 10.2. The predicted molar refractivity (Wildman–Crippen MR) is 67.2 cm³/mol. The van der Waals surface area contributed by atoms with Gasteiger partial charge in [-0.2, -0.15) is 0 Å². The molecule has 1 N–H and O–H groups in total. The normalized spacial score (nSPS) is 10.5. The van der Waals surface area contributed by atoms with Crippen LogP contribution in [0.3, 0.4) is 0 Å². The minimum absolute atomic E-state index is 0.0204. The summed E-state index contributed by atoms with van der Waals surface area (Å²) >= 11 is 0. The average Bonchev–Trinajstić information content (AvgIpc) is 2.35. The molecule has 6 nitrogen and oxygen atoms in total. The van der Waals surface area contributed by atoms with E-state index in [0.29, 0.717) is 12.4 Å². The highest BCUT2D eigenvalue weighted by atomic mass is 16.6. The molecular formula is C11H18N4O2. The number of nitrogens with zero attached hydrogens (tertiary/aromatic N) is 3. The van der Waals surface area contributed by atoms with E-state index in [0.717, 1.165) is 19.6 Å². The van der Waals surface area contributed by atoms with E-state index in [1.165, 1.54) is 6.07 Å². The average molecular weight is 238 g/mol. The Morgan fingerprint density at radius 3 is 2.76 bits per heavy atom. The summed E-state index contributed by atoms with van der Waals surface area (Å²) in [5.74, 6) is 0.338. The second-order valence-electron chi connectivity index (χ2n) is 3.58. The Labute approximate surface area is 101 Å². The molecule has 0 aliphatic rings. The van der Waals surface area contributed by atoms with Crippen molar-refractivity contribution < 1.29 is 4.92 Å². The van der Waals surface area contributed by atoms with Gasteiger partial charge < -0.3 is 10.2 Å². The lowest BCUT2D eigenvalue weighted by Crippen LogP contribution is -2.28. The van der Waals surface area contributed by atoms with Crippen molar-refractivity contribution >= 4 is 11.5 Å². The van der Waals surface area contributed by atoms with Gasteiger partial charge in [0.15, 0.2) is 0 Å². The molecule has 0 spiro atoms. The van der Waals surface area contributed by atoms with Crippen LogP contribution in [0, 0.1) is 10.1 Å². The van der Waals surface area contributed by atoms with E-state index in [1.807, 2.05) is 0 Å². The molecule has 0 saturated carbocycles. The third-order valence-corrected chi connectivity index (χ3v) is 2.60. The first-order chi connectivity index (χ1) is 8.19. The number of hydrogen-bond donors (Lipinski definition) is 1. The van der Waals surface area contributed by atoms with Crippen LogP contribution in [0.1, 0.15) is 13.8 Å². The molecule has 17 heavy (non-hydrogen) atoms. The van der Waals surface area contributed by atoms with E-state index in [4.69, 9.17) is 0 Å². The molecule has 0 aliphatic carbocycles. The molecule has 0 fully saturated rings. The van der Waals surface area contributed by atoms with Crippen LogP contribution in [0.2, 0.25) is 0 Å². The van der Waals surface area contributed by atoms with Crippen molar-refractivity contribution in [1.82, 2.24) is 9.88 Å². The van der Waals surface area contributed by atoms with Gasteiger partial charge in [-0.3, -0.25) is 10.1 Å². The van der Waals surface area contributed by atoms with Crippen LogP contribution in [0.25, 0.3) is 0 Å². The second-order valence-corrected chi connectivity index (χ2v) is 3.58. The second kappa shape index (κ2) is 6.80. The van der Waals surface area contributed by atoms with Gasteiger partial charge in [0, 0.05) is 25.4 Å². The number of aromatic nitrogens is 1. The summed E-state index contributed by atoms with van der Waals surface area (Å²) < 4.78 is 0. The Morgan fingerprint density at radius 1 is 1.47 bits per heavy atom. The molecule has 0 bridgehead atoms. The van der Waals surface area contributed by atoms with Gasteiger partial charge in [0.05, 0.1) is 4.92 Å². The Balaban J connectivity index is 2.54. The summed E-state index contributed by atoms with van der Waals surface area (Å²) in [6, 6.07) is 3.01. The van der Waals surface area contributed by atoms with Crippen molar-refractivity contribution in [2.24, 2.45) is 0 Å². The van der Waals surface area contributed by atoms with Crippen LogP contribution in [0.5, 0.6) is 0 Å². The molecule has 1 heterocycles. The van der Waals surface area contributed by atoms with Crippen molar-refractivity contribution in [2.75, 3.05) is 31.5 Å². The molecule has 1 aromatic rings. The molecule has 6 heteroatoms. The van der Waals surface area contributed by atoms with Crippen LogP contribution in [0.15, 0.2) is 18.3 Å². The van der Waals surface area contributed by atoms with Gasteiger partial charge in [-0.15, -0.1) is 0 Å². The zero-order chi connectivity index (χ0) is 12.7. The molecule has 94 valence electrons. The number of anilines is 1. The third kappa shape index (κ3) is 3.99. The minimum atomic E-state index is -0.424. The Kier molecular flexibility index (Phi) is 5.35. The smallest absolute Gasteiger partial charge is 0.311 e. The van der Waals surface area contributed by atoms with Gasteiger partial charge in [0.25, 0.3) is 0 Å². The van der Waals surface area contributed by atoms with Crippen LogP contribution in [0.4, 0.5) is 11.5 Å². The fraction of sp³-hybridized carbons (Fsp3) is 0.545. The highest BCUT2D eigenvalue weighted by molar-refractivity contribution is 5.54. The summed E-state index contributed by atoms with van der Waals surface area (Å²) in [7, 11) is 0. The molecule has 0 saturated heterocycles. The van der Waals surface area contributed by atoms with E-state index < -0.39 is 4.92 Å². The van der Waals surface area contributed by atoms with Gasteiger partial charge in [-0.1, -0.05) is 13.8 Å². The van der Waals surface area contributed by atoms with E-state index in [-0.39, 0.29) is 5.69 Å². The number of pyridine rings is 1. The first kappa shape index (κ1) is 13.4. The highest BCUT2D eigenvalue weighted by Gasteiger charge is 2.13. The maximum absolute atomic E-state index is 10.7. The van der Waals surface area contributed by atoms with E-state index in [2.05, 4.69) is 29.0 Å². The Bertz CT molecular complexity index is 366. The number of hydrogen-bond acceptors (Lipinski definition) is 5. The molecule has 0 aliphatic heterocycles. The van der Waals surface area contributed by atoms with Crippen molar-refractivity contribution in [3.05, 3.63) is 28.4 Å². The van der Waals surface area contributed by atoms with Gasteiger partial charge >= 0.3 is 5.69 Å². The zero-order valence-corrected chi connectivity index (χ0v) is 10.2. The molecule has 0 radical (unpaired) electrons. The maximum Gasteiger partial charge on any atom is 0.311 e. The van der Waals surface area contributed by atoms with Crippen LogP contribution < -0.4 is 5.32 Å². The summed E-state index contributed by atoms with van der Waals surface area (Å²) in [5.41, 5.74) is 0.0204. The summed E-state index contributed by atoms with van der Waals surface area (Å²) in [6.07, 6.45) is 1.55. The van der Waals surface area contributed by atoms with Gasteiger partial charge in [-0.05, 0) is 19.2 Å². The molecule has 0 unspecified atom stereocenters. The van der Waals surface area contributed by atoms with E-state index in [1.54, 1.807) is 12.3 Å². The largest absolute Gasteiger partial charge is 0.363 e. The highest BCUT2D eigenvalue weighted by Crippen LogP contribution is 2.19. The monoisotopic (exact) mass is 238 g/mol. The first-order valence-corrected chi connectivity index (χ1v) is 5.74. The molecular weight excluding hydrogens is 220 g/mol. The minimum Gasteiger partial charge on any atom is -0.363 e. The lowest BCUT2D eigenvalue weighted by molar-refractivity contribution is -0.384.